The van der Waals surface area contributed by atoms with Crippen LogP contribution in [0.15, 0.2) is 24.3 Å². The van der Waals surface area contributed by atoms with E-state index in [-0.39, 0.29) is 12.2 Å². The minimum atomic E-state index is -0.147. The number of ether oxygens (including phenoxy) is 1. The van der Waals surface area contributed by atoms with Crippen LogP contribution in [0.4, 0.5) is 0 Å². The number of aliphatic hydroxyl groups excluding tert-OH is 1. The lowest BCUT2D eigenvalue weighted by Crippen LogP contribution is -2.18. The van der Waals surface area contributed by atoms with Crippen molar-refractivity contribution in [1.82, 2.24) is 0 Å². The molecule has 2 nitrogen and oxygen atoms in total. The van der Waals surface area contributed by atoms with Gasteiger partial charge in [0.2, 0.25) is 0 Å². The van der Waals surface area contributed by atoms with E-state index in [1.54, 1.807) is 0 Å². The Morgan fingerprint density at radius 3 is 2.59 bits per heavy atom. The summed E-state index contributed by atoms with van der Waals surface area (Å²) in [5.74, 6) is 5.99. The lowest BCUT2D eigenvalue weighted by atomic mass is 10.1. The van der Waals surface area contributed by atoms with Crippen LogP contribution < -0.4 is 0 Å². The first kappa shape index (κ1) is 13.8. The molecule has 17 heavy (non-hydrogen) atoms. The molecule has 0 spiro atoms. The van der Waals surface area contributed by atoms with Crippen molar-refractivity contribution < 1.29 is 9.84 Å². The first-order chi connectivity index (χ1) is 8.03. The van der Waals surface area contributed by atoms with Gasteiger partial charge in [-0.2, -0.15) is 0 Å². The maximum Gasteiger partial charge on any atom is 0.0736 e. The largest absolute Gasteiger partial charge is 0.395 e. The Labute approximate surface area is 104 Å². The third kappa shape index (κ3) is 5.53. The van der Waals surface area contributed by atoms with Crippen LogP contribution in [-0.2, 0) is 11.3 Å². The van der Waals surface area contributed by atoms with Gasteiger partial charge in [-0.1, -0.05) is 30.0 Å². The Balaban J connectivity index is 2.75. The maximum absolute atomic E-state index is 8.70. The van der Waals surface area contributed by atoms with Crippen LogP contribution in [0.3, 0.4) is 0 Å². The van der Waals surface area contributed by atoms with Crippen molar-refractivity contribution in [1.29, 1.82) is 0 Å². The summed E-state index contributed by atoms with van der Waals surface area (Å²) in [6.07, 6.45) is 0.508. The quantitative estimate of drug-likeness (QED) is 0.812. The molecule has 0 saturated heterocycles. The van der Waals surface area contributed by atoms with E-state index in [0.29, 0.717) is 13.0 Å². The van der Waals surface area contributed by atoms with Crippen molar-refractivity contribution in [2.45, 2.75) is 39.4 Å². The zero-order valence-electron chi connectivity index (χ0n) is 10.8. The molecule has 0 bridgehead atoms. The van der Waals surface area contributed by atoms with Gasteiger partial charge in [0, 0.05) is 12.0 Å². The van der Waals surface area contributed by atoms with Gasteiger partial charge < -0.3 is 9.84 Å². The predicted octanol–water partition coefficient (Wildman–Crippen LogP) is 2.74. The number of hydrogen-bond acceptors (Lipinski definition) is 2. The number of benzene rings is 1. The molecule has 0 heterocycles. The highest BCUT2D eigenvalue weighted by Crippen LogP contribution is 2.14. The van der Waals surface area contributed by atoms with E-state index in [0.717, 1.165) is 11.1 Å². The number of hydrogen-bond donors (Lipinski definition) is 1. The molecular formula is C15H20O2. The standard InChI is InChI=1S/C15H20O2/c1-15(2,3)17-12-14-10-5-4-8-13(14)9-6-7-11-16/h4-5,8,10,16H,7,11-12H2,1-3H3. The molecule has 1 rings (SSSR count). The Hall–Kier alpha value is -1.30. The van der Waals surface area contributed by atoms with Crippen molar-refractivity contribution in [3.63, 3.8) is 0 Å². The Morgan fingerprint density at radius 1 is 1.24 bits per heavy atom. The third-order valence-electron chi connectivity index (χ3n) is 2.14. The Morgan fingerprint density at radius 2 is 1.94 bits per heavy atom. The fourth-order valence-electron chi connectivity index (χ4n) is 1.28. The molecule has 0 saturated carbocycles. The van der Waals surface area contributed by atoms with Crippen LogP contribution in [0.2, 0.25) is 0 Å². The maximum atomic E-state index is 8.70. The molecule has 1 N–H and O–H groups in total. The summed E-state index contributed by atoms with van der Waals surface area (Å²) >= 11 is 0. The molecule has 0 aliphatic carbocycles. The van der Waals surface area contributed by atoms with E-state index in [1.165, 1.54) is 0 Å². The topological polar surface area (TPSA) is 29.5 Å². The van der Waals surface area contributed by atoms with Gasteiger partial charge in [-0.15, -0.1) is 0 Å². The minimum Gasteiger partial charge on any atom is -0.395 e. The Kier molecular flexibility index (Phi) is 5.21. The first-order valence-electron chi connectivity index (χ1n) is 5.84. The van der Waals surface area contributed by atoms with Crippen LogP contribution >= 0.6 is 0 Å². The van der Waals surface area contributed by atoms with Gasteiger partial charge in [-0.3, -0.25) is 0 Å². The number of rotatable bonds is 3. The second kappa shape index (κ2) is 6.44. The van der Waals surface area contributed by atoms with Gasteiger partial charge in [0.1, 0.15) is 0 Å². The SMILES string of the molecule is CC(C)(C)OCc1ccccc1C#CCCO. The highest BCUT2D eigenvalue weighted by Gasteiger charge is 2.10. The van der Waals surface area contributed by atoms with Gasteiger partial charge >= 0.3 is 0 Å². The van der Waals surface area contributed by atoms with Crippen LogP contribution in [0, 0.1) is 11.8 Å². The molecule has 1 aromatic carbocycles. The molecule has 2 heteroatoms. The zero-order valence-corrected chi connectivity index (χ0v) is 10.8. The molecule has 1 aromatic rings. The number of aliphatic hydroxyl groups is 1. The molecule has 0 aliphatic heterocycles. The molecule has 92 valence electrons. The zero-order chi connectivity index (χ0) is 12.7. The van der Waals surface area contributed by atoms with Gasteiger partial charge in [-0.25, -0.2) is 0 Å². The molecule has 0 aliphatic rings. The van der Waals surface area contributed by atoms with Gasteiger partial charge in [-0.05, 0) is 32.4 Å². The van der Waals surface area contributed by atoms with Gasteiger partial charge in [0.05, 0.1) is 18.8 Å². The lowest BCUT2D eigenvalue weighted by molar-refractivity contribution is -0.0150. The van der Waals surface area contributed by atoms with Crippen LogP contribution in [0.5, 0.6) is 0 Å². The summed E-state index contributed by atoms with van der Waals surface area (Å²) in [4.78, 5) is 0. The molecular weight excluding hydrogens is 212 g/mol. The second-order valence-electron chi connectivity index (χ2n) is 4.83. The molecule has 0 unspecified atom stereocenters. The lowest BCUT2D eigenvalue weighted by Gasteiger charge is -2.20. The summed E-state index contributed by atoms with van der Waals surface area (Å²) in [6, 6.07) is 7.95. The predicted molar refractivity (Wildman–Crippen MR) is 69.6 cm³/mol. The average Bonchev–Trinajstić information content (AvgIpc) is 2.27. The van der Waals surface area contributed by atoms with Crippen LogP contribution in [0.1, 0.15) is 38.3 Å². The summed E-state index contributed by atoms with van der Waals surface area (Å²) < 4.78 is 5.75. The molecule has 0 aromatic heterocycles. The highest BCUT2D eigenvalue weighted by molar-refractivity contribution is 5.40. The van der Waals surface area contributed by atoms with E-state index < -0.39 is 0 Å². The smallest absolute Gasteiger partial charge is 0.0736 e. The summed E-state index contributed by atoms with van der Waals surface area (Å²) in [5, 5.41) is 8.70. The van der Waals surface area contributed by atoms with Crippen molar-refractivity contribution in [3.8, 4) is 11.8 Å². The van der Waals surface area contributed by atoms with Crippen LogP contribution in [0.25, 0.3) is 0 Å². The van der Waals surface area contributed by atoms with E-state index in [4.69, 9.17) is 9.84 Å². The molecule has 0 radical (unpaired) electrons. The normalized spacial score (nSPS) is 10.8. The third-order valence-corrected chi connectivity index (χ3v) is 2.14. The minimum absolute atomic E-state index is 0.105. The second-order valence-corrected chi connectivity index (χ2v) is 4.83. The van der Waals surface area contributed by atoms with Crippen molar-refractivity contribution >= 4 is 0 Å². The van der Waals surface area contributed by atoms with Gasteiger partial charge in [0.25, 0.3) is 0 Å². The summed E-state index contributed by atoms with van der Waals surface area (Å²) in [6.45, 7) is 6.77. The average molecular weight is 232 g/mol. The van der Waals surface area contributed by atoms with Crippen molar-refractivity contribution in [2.24, 2.45) is 0 Å². The molecule has 0 fully saturated rings. The summed E-state index contributed by atoms with van der Waals surface area (Å²) in [5.41, 5.74) is 1.92. The van der Waals surface area contributed by atoms with E-state index in [1.807, 2.05) is 45.0 Å². The molecule has 0 atom stereocenters. The summed E-state index contributed by atoms with van der Waals surface area (Å²) in [7, 11) is 0. The van der Waals surface area contributed by atoms with Gasteiger partial charge in [0.15, 0.2) is 0 Å². The van der Waals surface area contributed by atoms with Crippen molar-refractivity contribution in [2.75, 3.05) is 6.61 Å². The molecule has 0 amide bonds. The first-order valence-corrected chi connectivity index (χ1v) is 5.84. The van der Waals surface area contributed by atoms with Crippen molar-refractivity contribution in [3.05, 3.63) is 35.4 Å². The Bertz CT molecular complexity index is 405. The fraction of sp³-hybridized carbons (Fsp3) is 0.467. The van der Waals surface area contributed by atoms with E-state index in [9.17, 15) is 0 Å². The highest BCUT2D eigenvalue weighted by atomic mass is 16.5. The monoisotopic (exact) mass is 232 g/mol. The fourth-order valence-corrected chi connectivity index (χ4v) is 1.28. The van der Waals surface area contributed by atoms with E-state index in [2.05, 4.69) is 11.8 Å². The van der Waals surface area contributed by atoms with E-state index >= 15 is 0 Å². The van der Waals surface area contributed by atoms with Crippen LogP contribution in [-0.4, -0.2) is 17.3 Å².